The van der Waals surface area contributed by atoms with Crippen LogP contribution in [0.15, 0.2) is 42.5 Å². The Hall–Kier alpha value is -1.67. The Morgan fingerprint density at radius 1 is 1.18 bits per heavy atom. The highest BCUT2D eigenvalue weighted by Crippen LogP contribution is 2.11. The van der Waals surface area contributed by atoms with Gasteiger partial charge < -0.3 is 0 Å². The number of hydrogen-bond acceptors (Lipinski definition) is 2. The zero-order valence-electron chi connectivity index (χ0n) is 9.48. The molecule has 0 N–H and O–H groups in total. The zero-order chi connectivity index (χ0) is 12.3. The quantitative estimate of drug-likeness (QED) is 0.775. The van der Waals surface area contributed by atoms with Crippen molar-refractivity contribution >= 4 is 17.4 Å². The van der Waals surface area contributed by atoms with E-state index in [1.807, 2.05) is 31.2 Å². The first-order valence-corrected chi connectivity index (χ1v) is 5.74. The van der Waals surface area contributed by atoms with Gasteiger partial charge in [-0.3, -0.25) is 9.78 Å². The lowest BCUT2D eigenvalue weighted by Gasteiger charge is -2.02. The Balaban J connectivity index is 2.14. The average Bonchev–Trinajstić information content (AvgIpc) is 2.32. The van der Waals surface area contributed by atoms with Crippen LogP contribution in [0.4, 0.5) is 0 Å². The molecule has 0 bridgehead atoms. The number of carbonyl (C=O) groups is 1. The molecule has 86 valence electrons. The molecule has 2 rings (SSSR count). The largest absolute Gasteiger partial charge is 0.292 e. The van der Waals surface area contributed by atoms with E-state index >= 15 is 0 Å². The Labute approximate surface area is 105 Å². The van der Waals surface area contributed by atoms with Crippen LogP contribution in [-0.2, 0) is 6.42 Å². The van der Waals surface area contributed by atoms with Crippen molar-refractivity contribution in [3.05, 3.63) is 64.4 Å². The van der Waals surface area contributed by atoms with Gasteiger partial charge in [0.1, 0.15) is 5.69 Å². The number of halogens is 1. The SMILES string of the molecule is Cc1cccc(C(=O)Cc2ccc(Cl)cc2)n1. The highest BCUT2D eigenvalue weighted by atomic mass is 35.5. The van der Waals surface area contributed by atoms with Crippen LogP contribution in [0.1, 0.15) is 21.7 Å². The Morgan fingerprint density at radius 2 is 1.88 bits per heavy atom. The van der Waals surface area contributed by atoms with Crippen LogP contribution in [0.3, 0.4) is 0 Å². The van der Waals surface area contributed by atoms with Gasteiger partial charge in [0.05, 0.1) is 0 Å². The topological polar surface area (TPSA) is 30.0 Å². The van der Waals surface area contributed by atoms with Crippen LogP contribution in [0.2, 0.25) is 5.02 Å². The summed E-state index contributed by atoms with van der Waals surface area (Å²) in [6.07, 6.45) is 0.355. The highest BCUT2D eigenvalue weighted by Gasteiger charge is 2.08. The van der Waals surface area contributed by atoms with Gasteiger partial charge in [0.15, 0.2) is 5.78 Å². The van der Waals surface area contributed by atoms with E-state index < -0.39 is 0 Å². The molecule has 0 atom stereocenters. The molecule has 17 heavy (non-hydrogen) atoms. The van der Waals surface area contributed by atoms with E-state index in [2.05, 4.69) is 4.98 Å². The summed E-state index contributed by atoms with van der Waals surface area (Å²) < 4.78 is 0. The first-order valence-electron chi connectivity index (χ1n) is 5.36. The summed E-state index contributed by atoms with van der Waals surface area (Å²) in [4.78, 5) is 16.2. The van der Waals surface area contributed by atoms with Crippen LogP contribution >= 0.6 is 11.6 Å². The van der Waals surface area contributed by atoms with E-state index in [0.29, 0.717) is 17.1 Å². The van der Waals surface area contributed by atoms with E-state index in [1.54, 1.807) is 18.2 Å². The molecule has 0 fully saturated rings. The molecule has 3 heteroatoms. The van der Waals surface area contributed by atoms with Gasteiger partial charge in [0.25, 0.3) is 0 Å². The number of hydrogen-bond donors (Lipinski definition) is 0. The van der Waals surface area contributed by atoms with Gasteiger partial charge in [-0.1, -0.05) is 29.8 Å². The lowest BCUT2D eigenvalue weighted by atomic mass is 10.1. The predicted molar refractivity (Wildman–Crippen MR) is 68.5 cm³/mol. The number of benzene rings is 1. The number of rotatable bonds is 3. The third-order valence-electron chi connectivity index (χ3n) is 2.45. The molecule has 1 aromatic carbocycles. The number of pyridine rings is 1. The maximum Gasteiger partial charge on any atom is 0.185 e. The van der Waals surface area contributed by atoms with Gasteiger partial charge in [-0.25, -0.2) is 0 Å². The van der Waals surface area contributed by atoms with Crippen LogP contribution in [0.25, 0.3) is 0 Å². The molecule has 0 aliphatic rings. The summed E-state index contributed by atoms with van der Waals surface area (Å²) in [6, 6.07) is 12.7. The molecule has 1 heterocycles. The molecule has 0 saturated heterocycles. The summed E-state index contributed by atoms with van der Waals surface area (Å²) in [7, 11) is 0. The lowest BCUT2D eigenvalue weighted by Crippen LogP contribution is -2.06. The van der Waals surface area contributed by atoms with Crippen molar-refractivity contribution < 1.29 is 4.79 Å². The Kier molecular flexibility index (Phi) is 3.55. The van der Waals surface area contributed by atoms with Gasteiger partial charge >= 0.3 is 0 Å². The number of Topliss-reactive ketones (excluding diaryl/α,β-unsaturated/α-hetero) is 1. The molecule has 0 saturated carbocycles. The smallest absolute Gasteiger partial charge is 0.185 e. The van der Waals surface area contributed by atoms with E-state index in [1.165, 1.54) is 0 Å². The number of aromatic nitrogens is 1. The van der Waals surface area contributed by atoms with Crippen molar-refractivity contribution in [1.82, 2.24) is 4.98 Å². The fraction of sp³-hybridized carbons (Fsp3) is 0.143. The summed E-state index contributed by atoms with van der Waals surface area (Å²) in [5.74, 6) is 0.0241. The van der Waals surface area contributed by atoms with Crippen LogP contribution in [0.5, 0.6) is 0 Å². The van der Waals surface area contributed by atoms with Gasteiger partial charge in [0, 0.05) is 17.1 Å². The molecule has 1 aromatic heterocycles. The lowest BCUT2D eigenvalue weighted by molar-refractivity contribution is 0.0988. The molecule has 0 aliphatic heterocycles. The minimum absolute atomic E-state index is 0.0241. The Bertz CT molecular complexity index is 534. The van der Waals surface area contributed by atoms with Crippen molar-refractivity contribution in [3.8, 4) is 0 Å². The third-order valence-corrected chi connectivity index (χ3v) is 2.70. The van der Waals surface area contributed by atoms with E-state index in [4.69, 9.17) is 11.6 Å². The summed E-state index contributed by atoms with van der Waals surface area (Å²) in [5, 5.41) is 0.676. The second-order valence-corrected chi connectivity index (χ2v) is 4.33. The van der Waals surface area contributed by atoms with Gasteiger partial charge in [0.2, 0.25) is 0 Å². The highest BCUT2D eigenvalue weighted by molar-refractivity contribution is 6.30. The van der Waals surface area contributed by atoms with Gasteiger partial charge in [-0.2, -0.15) is 0 Å². The fourth-order valence-electron chi connectivity index (χ4n) is 1.58. The molecular weight excluding hydrogens is 234 g/mol. The normalized spacial score (nSPS) is 10.2. The maximum atomic E-state index is 12.0. The number of nitrogens with zero attached hydrogens (tertiary/aromatic N) is 1. The van der Waals surface area contributed by atoms with Crippen molar-refractivity contribution in [3.63, 3.8) is 0 Å². The van der Waals surface area contributed by atoms with Gasteiger partial charge in [-0.15, -0.1) is 0 Å². The minimum atomic E-state index is 0.0241. The van der Waals surface area contributed by atoms with Crippen molar-refractivity contribution in [2.45, 2.75) is 13.3 Å². The predicted octanol–water partition coefficient (Wildman–Crippen LogP) is 3.47. The van der Waals surface area contributed by atoms with E-state index in [9.17, 15) is 4.79 Å². The van der Waals surface area contributed by atoms with Crippen molar-refractivity contribution in [2.75, 3.05) is 0 Å². The second kappa shape index (κ2) is 5.11. The van der Waals surface area contributed by atoms with Crippen LogP contribution < -0.4 is 0 Å². The van der Waals surface area contributed by atoms with Crippen LogP contribution in [-0.4, -0.2) is 10.8 Å². The molecule has 0 amide bonds. The Morgan fingerprint density at radius 3 is 2.53 bits per heavy atom. The van der Waals surface area contributed by atoms with Gasteiger partial charge in [-0.05, 0) is 36.8 Å². The van der Waals surface area contributed by atoms with E-state index in [0.717, 1.165) is 11.3 Å². The number of carbonyl (C=O) groups excluding carboxylic acids is 1. The summed E-state index contributed by atoms with van der Waals surface area (Å²) in [5.41, 5.74) is 2.31. The van der Waals surface area contributed by atoms with E-state index in [-0.39, 0.29) is 5.78 Å². The minimum Gasteiger partial charge on any atom is -0.292 e. The number of aryl methyl sites for hydroxylation is 1. The molecule has 0 aliphatic carbocycles. The standard InChI is InChI=1S/C14H12ClNO/c1-10-3-2-4-13(16-10)14(17)9-11-5-7-12(15)8-6-11/h2-8H,9H2,1H3. The summed E-state index contributed by atoms with van der Waals surface area (Å²) in [6.45, 7) is 1.87. The maximum absolute atomic E-state index is 12.0. The molecule has 2 nitrogen and oxygen atoms in total. The zero-order valence-corrected chi connectivity index (χ0v) is 10.2. The summed E-state index contributed by atoms with van der Waals surface area (Å²) >= 11 is 5.79. The first kappa shape index (κ1) is 11.8. The number of ketones is 1. The second-order valence-electron chi connectivity index (χ2n) is 3.89. The fourth-order valence-corrected chi connectivity index (χ4v) is 1.70. The van der Waals surface area contributed by atoms with Crippen molar-refractivity contribution in [2.24, 2.45) is 0 Å². The monoisotopic (exact) mass is 245 g/mol. The third kappa shape index (κ3) is 3.14. The first-order chi connectivity index (χ1) is 8.15. The molecule has 0 radical (unpaired) electrons. The molecule has 0 unspecified atom stereocenters. The van der Waals surface area contributed by atoms with Crippen LogP contribution in [0, 0.1) is 6.92 Å². The molecular formula is C14H12ClNO. The average molecular weight is 246 g/mol. The van der Waals surface area contributed by atoms with Crippen molar-refractivity contribution in [1.29, 1.82) is 0 Å². The molecule has 0 spiro atoms. The molecule has 2 aromatic rings.